The summed E-state index contributed by atoms with van der Waals surface area (Å²) in [6.45, 7) is 1.12. The van der Waals surface area contributed by atoms with E-state index >= 15 is 0 Å². The highest BCUT2D eigenvalue weighted by Gasteiger charge is 2.37. The molecule has 0 saturated heterocycles. The Morgan fingerprint density at radius 2 is 1.35 bits per heavy atom. The van der Waals surface area contributed by atoms with Crippen LogP contribution in [0.5, 0.6) is 11.5 Å². The molecule has 0 amide bonds. The molecule has 0 aliphatic carbocycles. The van der Waals surface area contributed by atoms with Gasteiger partial charge in [0.05, 0.1) is 48.5 Å². The molecule has 2 aliphatic rings. The topological polar surface area (TPSA) is 132 Å². The average molecular weight is 686 g/mol. The molecule has 6 aromatic rings. The van der Waals surface area contributed by atoms with Crippen LogP contribution in [0.15, 0.2) is 76.1 Å². The number of carboxylic acids is 2. The summed E-state index contributed by atoms with van der Waals surface area (Å²) < 4.78 is 11.8. The number of carboxylic acid groups (broad SMARTS) is 2. The number of hydrogen-bond donors (Lipinski definition) is 2. The first kappa shape index (κ1) is 28.9. The first-order valence-corrected chi connectivity index (χ1v) is 18.9. The minimum absolute atomic E-state index is 0.000166. The molecule has 0 atom stereocenters. The van der Waals surface area contributed by atoms with Gasteiger partial charge in [0.2, 0.25) is 0 Å². The minimum atomic E-state index is -1.26. The molecule has 0 fully saturated rings. The molecule has 0 radical (unpaired) electrons. The van der Waals surface area contributed by atoms with E-state index in [4.69, 9.17) is 9.47 Å². The largest absolute Gasteiger partial charge is 0.485 e. The van der Waals surface area contributed by atoms with Gasteiger partial charge < -0.3 is 19.7 Å². The molecule has 0 saturated carbocycles. The van der Waals surface area contributed by atoms with Gasteiger partial charge in [0, 0.05) is 37.3 Å². The van der Waals surface area contributed by atoms with Crippen molar-refractivity contribution in [3.63, 3.8) is 0 Å². The van der Waals surface area contributed by atoms with E-state index in [0.717, 1.165) is 26.8 Å². The highest BCUT2D eigenvalue weighted by Crippen LogP contribution is 2.72. The Bertz CT molecular complexity index is 2230. The quantitative estimate of drug-likeness (QED) is 0.178. The zero-order valence-corrected chi connectivity index (χ0v) is 27.5. The maximum atomic E-state index is 12.1. The van der Waals surface area contributed by atoms with Gasteiger partial charge in [-0.25, -0.2) is 14.6 Å². The fourth-order valence-electron chi connectivity index (χ4n) is 5.57. The molecule has 0 bridgehead atoms. The molecular formula is C33H23N3O6S4. The number of aromatic carboxylic acids is 2. The maximum absolute atomic E-state index is 12.1. The molecule has 230 valence electrons. The number of pyridine rings is 3. The van der Waals surface area contributed by atoms with Gasteiger partial charge in [0.25, 0.3) is 0 Å². The number of aromatic nitrogens is 3. The Balaban J connectivity index is 1.18. The molecule has 9 nitrogen and oxygen atoms in total. The number of hydrogen-bond acceptors (Lipinski definition) is 10. The predicted molar refractivity (Wildman–Crippen MR) is 182 cm³/mol. The van der Waals surface area contributed by atoms with Gasteiger partial charge in [-0.15, -0.1) is 34.0 Å². The summed E-state index contributed by atoms with van der Waals surface area (Å²) >= 11 is 5.20. The van der Waals surface area contributed by atoms with Gasteiger partial charge in [-0.05, 0) is 66.6 Å². The first-order chi connectivity index (χ1) is 22.2. The Labute approximate surface area is 276 Å². The molecule has 13 heteroatoms. The van der Waals surface area contributed by atoms with E-state index in [9.17, 15) is 19.8 Å². The van der Waals surface area contributed by atoms with Gasteiger partial charge >= 0.3 is 11.9 Å². The zero-order chi connectivity index (χ0) is 31.7. The van der Waals surface area contributed by atoms with Crippen molar-refractivity contribution in [2.24, 2.45) is 0 Å². The van der Waals surface area contributed by atoms with Crippen molar-refractivity contribution in [3.05, 3.63) is 77.4 Å². The molecule has 8 rings (SSSR count). The second kappa shape index (κ2) is 10.8. The smallest absolute Gasteiger partial charge is 0.335 e. The van der Waals surface area contributed by atoms with Crippen LogP contribution in [0, 0.1) is 0 Å². The van der Waals surface area contributed by atoms with Crippen LogP contribution in [-0.2, 0) is 0 Å². The number of fused-ring (bicyclic) bond motifs is 4. The van der Waals surface area contributed by atoms with Crippen molar-refractivity contribution in [1.29, 1.82) is 0 Å². The summed E-state index contributed by atoms with van der Waals surface area (Å²) in [7, 11) is -1.26. The number of carbonyl (C=O) groups is 2. The minimum Gasteiger partial charge on any atom is -0.485 e. The third-order valence-electron chi connectivity index (χ3n) is 7.88. The molecule has 46 heavy (non-hydrogen) atoms. The summed E-state index contributed by atoms with van der Waals surface area (Å²) in [6, 6.07) is 14.1. The second-order valence-corrected chi connectivity index (χ2v) is 17.5. The van der Waals surface area contributed by atoms with Crippen LogP contribution in [-0.4, -0.2) is 62.8 Å². The normalized spacial score (nSPS) is 14.8. The predicted octanol–water partition coefficient (Wildman–Crippen LogP) is 8.35. The second-order valence-electron chi connectivity index (χ2n) is 11.0. The third-order valence-corrected chi connectivity index (χ3v) is 14.6. The summed E-state index contributed by atoms with van der Waals surface area (Å²) in [4.78, 5) is 45.7. The molecule has 2 aliphatic heterocycles. The molecular weight excluding hydrogens is 663 g/mol. The van der Waals surface area contributed by atoms with E-state index < -0.39 is 22.0 Å². The van der Waals surface area contributed by atoms with Crippen molar-refractivity contribution in [1.82, 2.24) is 15.0 Å². The number of rotatable bonds is 6. The van der Waals surface area contributed by atoms with Crippen molar-refractivity contribution in [3.8, 4) is 64.2 Å². The molecule has 0 unspecified atom stereocenters. The maximum Gasteiger partial charge on any atom is 0.335 e. The standard InChI is InChI=1S/C33H23N3O6S4/c1-46(2)26-13-24(44-30(26)31-27(46)14-25(45-31)29-28-23(15-43-29)41-7-8-42-28)16-3-5-34-19(9-16)21-11-18(33(39)40)12-22(36-21)20-10-17(32(37)38)4-6-35-20/h3-6,9-15H,7-8H2,1-2H3,(H,37,38)(H,39,40). The Kier molecular flexibility index (Phi) is 6.76. The molecule has 2 N–H and O–H groups in total. The molecule has 6 aromatic heterocycles. The van der Waals surface area contributed by atoms with E-state index in [1.807, 2.05) is 17.5 Å². The van der Waals surface area contributed by atoms with Crippen LogP contribution >= 0.6 is 44.0 Å². The van der Waals surface area contributed by atoms with Crippen LogP contribution < -0.4 is 9.47 Å². The van der Waals surface area contributed by atoms with Crippen molar-refractivity contribution in [2.45, 2.75) is 9.79 Å². The van der Waals surface area contributed by atoms with Crippen LogP contribution in [0.3, 0.4) is 0 Å². The van der Waals surface area contributed by atoms with E-state index in [-0.39, 0.29) is 22.5 Å². The van der Waals surface area contributed by atoms with Gasteiger partial charge in [0.1, 0.15) is 13.2 Å². The van der Waals surface area contributed by atoms with Gasteiger partial charge in [-0.3, -0.25) is 9.97 Å². The van der Waals surface area contributed by atoms with Crippen molar-refractivity contribution < 1.29 is 29.3 Å². The monoisotopic (exact) mass is 685 g/mol. The lowest BCUT2D eigenvalue weighted by Crippen LogP contribution is -2.14. The van der Waals surface area contributed by atoms with E-state index in [0.29, 0.717) is 24.6 Å². The average Bonchev–Trinajstić information content (AvgIpc) is 3.84. The zero-order valence-electron chi connectivity index (χ0n) is 24.3. The summed E-state index contributed by atoms with van der Waals surface area (Å²) in [6.07, 6.45) is 7.73. The lowest BCUT2D eigenvalue weighted by Gasteiger charge is -2.26. The van der Waals surface area contributed by atoms with Crippen molar-refractivity contribution in [2.75, 3.05) is 25.7 Å². The summed E-state index contributed by atoms with van der Waals surface area (Å²) in [5.41, 5.74) is 2.34. The highest BCUT2D eigenvalue weighted by atomic mass is 32.3. The number of thiophene rings is 3. The fraction of sp³-hybridized carbons (Fsp3) is 0.121. The van der Waals surface area contributed by atoms with Gasteiger partial charge in [-0.2, -0.15) is 10.0 Å². The summed E-state index contributed by atoms with van der Waals surface area (Å²) in [5, 5.41) is 21.3. The number of nitrogens with zero attached hydrogens (tertiary/aromatic N) is 3. The van der Waals surface area contributed by atoms with Crippen LogP contribution in [0.4, 0.5) is 0 Å². The summed E-state index contributed by atoms with van der Waals surface area (Å²) in [5.74, 6) is -0.585. The lowest BCUT2D eigenvalue weighted by atomic mass is 10.1. The van der Waals surface area contributed by atoms with E-state index in [2.05, 4.69) is 39.6 Å². The molecule has 8 heterocycles. The fourth-order valence-corrected chi connectivity index (χ4v) is 12.9. The molecule has 0 spiro atoms. The SMILES string of the molecule is CS1(C)c2cc(-c3ccnc(-c4cc(C(=O)O)cc(-c5cc(C(=O)O)ccn5)n4)c3)sc2-c2sc(-c3scc4c3OCCO4)cc21. The van der Waals surface area contributed by atoms with Crippen LogP contribution in [0.2, 0.25) is 0 Å². The lowest BCUT2D eigenvalue weighted by molar-refractivity contribution is 0.0686. The Hall–Kier alpha value is -4.56. The van der Waals surface area contributed by atoms with Crippen molar-refractivity contribution >= 4 is 56.0 Å². The Morgan fingerprint density at radius 1 is 0.739 bits per heavy atom. The van der Waals surface area contributed by atoms with E-state index in [1.165, 1.54) is 54.9 Å². The first-order valence-electron chi connectivity index (χ1n) is 14.0. The number of ether oxygens (including phenoxy) is 2. The van der Waals surface area contributed by atoms with Crippen LogP contribution in [0.25, 0.3) is 52.7 Å². The van der Waals surface area contributed by atoms with E-state index in [1.54, 1.807) is 40.2 Å². The van der Waals surface area contributed by atoms with Gasteiger partial charge in [-0.1, -0.05) is 0 Å². The third kappa shape index (κ3) is 4.69. The molecule has 0 aromatic carbocycles. The Morgan fingerprint density at radius 3 is 2.07 bits per heavy atom. The van der Waals surface area contributed by atoms with Crippen LogP contribution in [0.1, 0.15) is 20.7 Å². The van der Waals surface area contributed by atoms with Gasteiger partial charge in [0.15, 0.2) is 11.5 Å². The highest BCUT2D eigenvalue weighted by molar-refractivity contribution is 8.33.